The third kappa shape index (κ3) is 4.33. The molecule has 0 saturated heterocycles. The number of nitrogens with zero attached hydrogens (tertiary/aromatic N) is 8. The van der Waals surface area contributed by atoms with E-state index in [0.717, 1.165) is 5.56 Å². The third-order valence-corrected chi connectivity index (χ3v) is 4.88. The fraction of sp³-hybridized carbons (Fsp3) is 0.0556. The molecule has 1 N–H and O–H groups in total. The van der Waals surface area contributed by atoms with Gasteiger partial charge < -0.3 is 5.11 Å². The SMILES string of the molecule is Cn1nccc1/N=N/c1sc(N=Nc2ccc(O)c(Cl)c2)nc1-c1cccnc1. The van der Waals surface area contributed by atoms with Crippen LogP contribution in [-0.4, -0.2) is 24.9 Å². The van der Waals surface area contributed by atoms with Gasteiger partial charge in [-0.15, -0.1) is 20.5 Å². The Hall–Kier alpha value is -3.50. The lowest BCUT2D eigenvalue weighted by atomic mass is 10.2. The minimum atomic E-state index is -0.0170. The first kappa shape index (κ1) is 18.8. The Morgan fingerprint density at radius 3 is 2.69 bits per heavy atom. The van der Waals surface area contributed by atoms with Crippen LogP contribution in [0, 0.1) is 0 Å². The molecule has 0 bridgehead atoms. The summed E-state index contributed by atoms with van der Waals surface area (Å²) in [5, 5.41) is 31.6. The van der Waals surface area contributed by atoms with E-state index in [1.54, 1.807) is 42.5 Å². The third-order valence-electron chi connectivity index (χ3n) is 3.75. The van der Waals surface area contributed by atoms with Gasteiger partial charge in [-0.1, -0.05) is 22.9 Å². The zero-order chi connectivity index (χ0) is 20.2. The number of halogens is 1. The standard InChI is InChI=1S/C18H13ClN8OS/c1-27-15(6-8-21-27)24-25-17-16(11-3-2-7-20-10-11)22-18(29-17)26-23-12-4-5-14(28)13(19)9-12/h2-10,28H,1H3/b25-24+,26-23?. The minimum absolute atomic E-state index is 0.0170. The Labute approximate surface area is 174 Å². The van der Waals surface area contributed by atoms with Gasteiger partial charge in [0.1, 0.15) is 11.4 Å². The highest BCUT2D eigenvalue weighted by Gasteiger charge is 2.14. The van der Waals surface area contributed by atoms with Gasteiger partial charge in [-0.05, 0) is 30.3 Å². The second-order valence-electron chi connectivity index (χ2n) is 5.74. The molecule has 0 aliphatic carbocycles. The van der Waals surface area contributed by atoms with Gasteiger partial charge in [0, 0.05) is 31.1 Å². The number of benzene rings is 1. The molecular formula is C18H13ClN8OS. The number of hydrogen-bond donors (Lipinski definition) is 1. The molecular weight excluding hydrogens is 412 g/mol. The monoisotopic (exact) mass is 424 g/mol. The number of aromatic hydroxyl groups is 1. The molecule has 4 aromatic rings. The van der Waals surface area contributed by atoms with Crippen molar-refractivity contribution < 1.29 is 5.11 Å². The summed E-state index contributed by atoms with van der Waals surface area (Å²) in [5.74, 6) is 0.592. The Bertz CT molecular complexity index is 1200. The summed E-state index contributed by atoms with van der Waals surface area (Å²) in [6, 6.07) is 10.0. The molecule has 3 aromatic heterocycles. The van der Waals surface area contributed by atoms with E-state index in [9.17, 15) is 5.11 Å². The van der Waals surface area contributed by atoms with Crippen LogP contribution in [-0.2, 0) is 7.05 Å². The summed E-state index contributed by atoms with van der Waals surface area (Å²) in [7, 11) is 1.78. The van der Waals surface area contributed by atoms with Crippen molar-refractivity contribution in [1.82, 2.24) is 19.7 Å². The summed E-state index contributed by atoms with van der Waals surface area (Å²) in [5.41, 5.74) is 1.88. The highest BCUT2D eigenvalue weighted by Crippen LogP contribution is 2.40. The predicted molar refractivity (Wildman–Crippen MR) is 110 cm³/mol. The fourth-order valence-electron chi connectivity index (χ4n) is 2.32. The van der Waals surface area contributed by atoms with E-state index in [0.29, 0.717) is 27.3 Å². The zero-order valence-corrected chi connectivity index (χ0v) is 16.6. The topological polar surface area (TPSA) is 113 Å². The van der Waals surface area contributed by atoms with E-state index in [2.05, 4.69) is 35.5 Å². The van der Waals surface area contributed by atoms with Crippen molar-refractivity contribution in [1.29, 1.82) is 0 Å². The fourth-order valence-corrected chi connectivity index (χ4v) is 3.23. The zero-order valence-electron chi connectivity index (χ0n) is 15.0. The predicted octanol–water partition coefficient (Wildman–Crippen LogP) is 6.13. The Morgan fingerprint density at radius 1 is 1.07 bits per heavy atom. The number of aromatic nitrogens is 4. The van der Waals surface area contributed by atoms with Crippen molar-refractivity contribution in [2.24, 2.45) is 27.5 Å². The van der Waals surface area contributed by atoms with E-state index in [-0.39, 0.29) is 10.8 Å². The van der Waals surface area contributed by atoms with Gasteiger partial charge in [-0.25, -0.2) is 9.67 Å². The normalized spacial score (nSPS) is 11.7. The molecule has 0 radical (unpaired) electrons. The summed E-state index contributed by atoms with van der Waals surface area (Å²) in [4.78, 5) is 8.65. The van der Waals surface area contributed by atoms with Crippen LogP contribution >= 0.6 is 22.9 Å². The lowest BCUT2D eigenvalue weighted by Gasteiger charge is -1.96. The molecule has 11 heteroatoms. The Kier molecular flexibility index (Phi) is 5.36. The van der Waals surface area contributed by atoms with E-state index in [1.807, 2.05) is 12.1 Å². The first-order valence-corrected chi connectivity index (χ1v) is 9.51. The average molecular weight is 425 g/mol. The average Bonchev–Trinajstić information content (AvgIpc) is 3.33. The molecule has 0 saturated carbocycles. The Morgan fingerprint density at radius 2 is 1.97 bits per heavy atom. The molecule has 144 valence electrons. The molecule has 3 heterocycles. The number of phenols is 1. The molecule has 9 nitrogen and oxygen atoms in total. The van der Waals surface area contributed by atoms with Crippen LogP contribution in [0.15, 0.2) is 75.4 Å². The van der Waals surface area contributed by atoms with Crippen molar-refractivity contribution in [3.63, 3.8) is 0 Å². The van der Waals surface area contributed by atoms with E-state index in [4.69, 9.17) is 11.6 Å². The second-order valence-corrected chi connectivity index (χ2v) is 7.10. The number of pyridine rings is 1. The maximum absolute atomic E-state index is 9.50. The number of hydrogen-bond acceptors (Lipinski definition) is 9. The largest absolute Gasteiger partial charge is 0.506 e. The summed E-state index contributed by atoms with van der Waals surface area (Å²) in [6.45, 7) is 0. The lowest BCUT2D eigenvalue weighted by Crippen LogP contribution is -1.86. The van der Waals surface area contributed by atoms with Crippen LogP contribution in [0.3, 0.4) is 0 Å². The van der Waals surface area contributed by atoms with Gasteiger partial charge in [0.15, 0.2) is 10.8 Å². The van der Waals surface area contributed by atoms with E-state index >= 15 is 0 Å². The van der Waals surface area contributed by atoms with Gasteiger partial charge in [0.25, 0.3) is 0 Å². The summed E-state index contributed by atoms with van der Waals surface area (Å²) < 4.78 is 1.61. The van der Waals surface area contributed by atoms with Gasteiger partial charge in [0.05, 0.1) is 16.9 Å². The molecule has 0 aliphatic heterocycles. The van der Waals surface area contributed by atoms with Gasteiger partial charge in [0.2, 0.25) is 5.13 Å². The first-order chi connectivity index (χ1) is 14.1. The molecule has 0 atom stereocenters. The van der Waals surface area contributed by atoms with E-state index in [1.165, 1.54) is 23.5 Å². The van der Waals surface area contributed by atoms with Crippen molar-refractivity contribution in [3.8, 4) is 17.0 Å². The maximum Gasteiger partial charge on any atom is 0.232 e. The second kappa shape index (κ2) is 8.25. The van der Waals surface area contributed by atoms with Crippen molar-refractivity contribution in [2.45, 2.75) is 0 Å². The van der Waals surface area contributed by atoms with Crippen LogP contribution in [0.4, 0.5) is 21.6 Å². The summed E-state index contributed by atoms with van der Waals surface area (Å²) in [6.07, 6.45) is 5.02. The molecule has 0 spiro atoms. The van der Waals surface area contributed by atoms with Crippen molar-refractivity contribution >= 4 is 44.6 Å². The molecule has 0 unspecified atom stereocenters. The maximum atomic E-state index is 9.50. The number of azo groups is 2. The Balaban J connectivity index is 1.69. The molecule has 1 aromatic carbocycles. The molecule has 29 heavy (non-hydrogen) atoms. The van der Waals surface area contributed by atoms with Crippen LogP contribution in [0.2, 0.25) is 5.02 Å². The van der Waals surface area contributed by atoms with Crippen molar-refractivity contribution in [3.05, 3.63) is 60.0 Å². The lowest BCUT2D eigenvalue weighted by molar-refractivity contribution is 0.475. The quantitative estimate of drug-likeness (QED) is 0.388. The van der Waals surface area contributed by atoms with Crippen LogP contribution in [0.1, 0.15) is 0 Å². The molecule has 0 aliphatic rings. The van der Waals surface area contributed by atoms with Crippen molar-refractivity contribution in [2.75, 3.05) is 0 Å². The number of thiazole rings is 1. The highest BCUT2D eigenvalue weighted by molar-refractivity contribution is 7.19. The number of aryl methyl sites for hydroxylation is 1. The molecule has 0 amide bonds. The van der Waals surface area contributed by atoms with E-state index < -0.39 is 0 Å². The number of phenolic OH excluding ortho intramolecular Hbond substituents is 1. The van der Waals surface area contributed by atoms with Crippen LogP contribution < -0.4 is 0 Å². The van der Waals surface area contributed by atoms with Crippen LogP contribution in [0.5, 0.6) is 5.75 Å². The van der Waals surface area contributed by atoms with Gasteiger partial charge >= 0.3 is 0 Å². The molecule has 0 fully saturated rings. The highest BCUT2D eigenvalue weighted by atomic mass is 35.5. The van der Waals surface area contributed by atoms with Gasteiger partial charge in [-0.3, -0.25) is 4.98 Å². The smallest absolute Gasteiger partial charge is 0.232 e. The minimum Gasteiger partial charge on any atom is -0.506 e. The van der Waals surface area contributed by atoms with Gasteiger partial charge in [-0.2, -0.15) is 5.10 Å². The van der Waals surface area contributed by atoms with Crippen LogP contribution in [0.25, 0.3) is 11.3 Å². The summed E-state index contributed by atoms with van der Waals surface area (Å²) >= 11 is 7.14. The number of rotatable bonds is 5. The molecule has 4 rings (SSSR count). The first-order valence-electron chi connectivity index (χ1n) is 8.31.